The third-order valence-electron chi connectivity index (χ3n) is 7.91. The van der Waals surface area contributed by atoms with Crippen LogP contribution in [-0.2, 0) is 9.47 Å². The molecule has 0 radical (unpaired) electrons. The van der Waals surface area contributed by atoms with E-state index in [1.807, 2.05) is 19.2 Å². The van der Waals surface area contributed by atoms with Gasteiger partial charge < -0.3 is 14.2 Å². The number of carbonyl (C=O) groups excluding carboxylic acids is 2. The first kappa shape index (κ1) is 51.1. The highest BCUT2D eigenvalue weighted by atomic mass is 19.4. The van der Waals surface area contributed by atoms with Crippen LogP contribution >= 0.6 is 0 Å². The highest BCUT2D eigenvalue weighted by molar-refractivity contribution is 5.95. The topological polar surface area (TPSA) is 85.9 Å². The molecule has 0 fully saturated rings. The summed E-state index contributed by atoms with van der Waals surface area (Å²) in [6.07, 6.45) is -0.957. The van der Waals surface area contributed by atoms with Crippen LogP contribution in [0.4, 0.5) is 95.6 Å². The number of alkyl halides is 15. The summed E-state index contributed by atoms with van der Waals surface area (Å²) in [7, 11) is 0. The quantitative estimate of drug-likeness (QED) is 0.0614. The predicted molar refractivity (Wildman–Crippen MR) is 169 cm³/mol. The normalized spacial score (nSPS) is 13.9. The maximum absolute atomic E-state index is 14.5. The summed E-state index contributed by atoms with van der Waals surface area (Å²) in [6, 6.07) is -2.27. The number of halogens is 17. The number of unbranched alkanes of at least 4 members (excludes halogenated alkanes) is 10. The number of benzene rings is 1. The predicted octanol–water partition coefficient (Wildman–Crippen LogP) is 13.4. The fourth-order valence-corrected chi connectivity index (χ4v) is 4.56. The summed E-state index contributed by atoms with van der Waals surface area (Å²) in [4.78, 5) is 24.8. The largest absolute Gasteiger partial charge is 0.460 e. The number of rotatable bonds is 24. The van der Waals surface area contributed by atoms with Gasteiger partial charge in [0.25, 0.3) is 0 Å². The Balaban J connectivity index is 3.41. The van der Waals surface area contributed by atoms with Gasteiger partial charge in [-0.15, -0.1) is 0 Å². The summed E-state index contributed by atoms with van der Waals surface area (Å²) in [5.74, 6) is -56.3. The smallest absolute Gasteiger partial charge is 0.449 e. The standard InChI is InChI=1S/C33H39F17N2O5/c1-3-5-7-9-11-13-17-55-25(53)51-21-16-15-20(19-22(21)52-26(54)56-18-14-12-10-8-6-4-2)57-24(35)23(34)27(36,37)28(38,39)29(40,41)30(42,43)31(44,45)32(46,47)33(48,49)50/h15-16,19H,3-14,17-18H2,1-2H3,(H,51,53)(H,52,54). The van der Waals surface area contributed by atoms with E-state index in [0.29, 0.717) is 43.9 Å². The number of carbonyl (C=O) groups is 2. The van der Waals surface area contributed by atoms with Crippen molar-refractivity contribution < 1.29 is 98.4 Å². The van der Waals surface area contributed by atoms with Crippen molar-refractivity contribution in [2.24, 2.45) is 0 Å². The summed E-state index contributed by atoms with van der Waals surface area (Å²) >= 11 is 0. The maximum Gasteiger partial charge on any atom is 0.460 e. The molecule has 0 atom stereocenters. The average Bonchev–Trinajstić information content (AvgIpc) is 3.10. The number of allylic oxidation sites excluding steroid dienone is 1. The minimum absolute atomic E-state index is 0.107. The summed E-state index contributed by atoms with van der Waals surface area (Å²) in [6.45, 7) is 3.67. The van der Waals surface area contributed by atoms with Crippen molar-refractivity contribution in [1.29, 1.82) is 0 Å². The van der Waals surface area contributed by atoms with Crippen LogP contribution in [0.3, 0.4) is 0 Å². The van der Waals surface area contributed by atoms with E-state index in [-0.39, 0.29) is 13.2 Å². The molecule has 0 unspecified atom stereocenters. The molecule has 0 aliphatic carbocycles. The Hall–Kier alpha value is -3.89. The van der Waals surface area contributed by atoms with E-state index >= 15 is 0 Å². The van der Waals surface area contributed by atoms with E-state index in [1.165, 1.54) is 0 Å². The van der Waals surface area contributed by atoms with Crippen molar-refractivity contribution in [1.82, 2.24) is 0 Å². The fraction of sp³-hybridized carbons (Fsp3) is 0.697. The van der Waals surface area contributed by atoms with Crippen LogP contribution in [0.2, 0.25) is 0 Å². The molecule has 2 N–H and O–H groups in total. The number of amides is 2. The molecule has 57 heavy (non-hydrogen) atoms. The molecule has 0 spiro atoms. The first-order valence-electron chi connectivity index (χ1n) is 17.2. The molecule has 0 heterocycles. The molecule has 24 heteroatoms. The number of anilines is 2. The van der Waals surface area contributed by atoms with Crippen LogP contribution in [0.1, 0.15) is 90.9 Å². The second-order valence-electron chi connectivity index (χ2n) is 12.4. The SMILES string of the molecule is CCCCCCCCOC(=O)Nc1ccc(OC(F)=C(F)C(F)(F)C(F)(F)C(F)(F)C(F)(F)C(F)(F)C(F)(F)C(F)(F)F)cc1NC(=O)OCCCCCCCC. The summed E-state index contributed by atoms with van der Waals surface area (Å²) < 4.78 is 245. The lowest BCUT2D eigenvalue weighted by Gasteiger charge is -2.41. The van der Waals surface area contributed by atoms with Gasteiger partial charge in [-0.2, -0.15) is 74.6 Å². The molecule has 7 nitrogen and oxygen atoms in total. The third-order valence-corrected chi connectivity index (χ3v) is 7.91. The first-order chi connectivity index (χ1) is 26.1. The monoisotopic (exact) mass is 866 g/mol. The van der Waals surface area contributed by atoms with Gasteiger partial charge in [0.1, 0.15) is 5.75 Å². The molecule has 1 aromatic carbocycles. The first-order valence-corrected chi connectivity index (χ1v) is 17.2. The Morgan fingerprint density at radius 1 is 0.526 bits per heavy atom. The Kier molecular flexibility index (Phi) is 18.6. The zero-order valence-electron chi connectivity index (χ0n) is 30.1. The van der Waals surface area contributed by atoms with Crippen LogP contribution in [0.5, 0.6) is 5.75 Å². The molecule has 330 valence electrons. The van der Waals surface area contributed by atoms with Crippen molar-refractivity contribution in [2.75, 3.05) is 23.8 Å². The van der Waals surface area contributed by atoms with E-state index in [0.717, 1.165) is 51.4 Å². The lowest BCUT2D eigenvalue weighted by molar-refractivity contribution is -0.451. The van der Waals surface area contributed by atoms with Crippen molar-refractivity contribution >= 4 is 23.6 Å². The molecule has 0 saturated heterocycles. The highest BCUT2D eigenvalue weighted by Crippen LogP contribution is 2.63. The average molecular weight is 867 g/mol. The van der Waals surface area contributed by atoms with Gasteiger partial charge >= 0.3 is 59.9 Å². The van der Waals surface area contributed by atoms with E-state index in [4.69, 9.17) is 9.47 Å². The number of hydrogen-bond acceptors (Lipinski definition) is 5. The molecule has 2 amide bonds. The van der Waals surface area contributed by atoms with Crippen LogP contribution in [0.25, 0.3) is 0 Å². The molecular weight excluding hydrogens is 827 g/mol. The van der Waals surface area contributed by atoms with E-state index < -0.39 is 82.9 Å². The van der Waals surface area contributed by atoms with Crippen LogP contribution in [-0.4, -0.2) is 67.1 Å². The molecule has 0 bridgehead atoms. The van der Waals surface area contributed by atoms with E-state index in [1.54, 1.807) is 0 Å². The molecular formula is C33H39F17N2O5. The lowest BCUT2D eigenvalue weighted by atomic mass is 9.91. The number of hydrogen-bond donors (Lipinski definition) is 2. The Morgan fingerprint density at radius 2 is 0.912 bits per heavy atom. The summed E-state index contributed by atoms with van der Waals surface area (Å²) in [5, 5.41) is 4.09. The molecule has 0 aromatic heterocycles. The van der Waals surface area contributed by atoms with Gasteiger partial charge in [-0.25, -0.2) is 9.59 Å². The second kappa shape index (κ2) is 20.7. The number of nitrogens with one attached hydrogen (secondary N) is 2. The van der Waals surface area contributed by atoms with Crippen LogP contribution in [0.15, 0.2) is 30.0 Å². The van der Waals surface area contributed by atoms with Gasteiger partial charge in [-0.1, -0.05) is 78.1 Å². The van der Waals surface area contributed by atoms with Crippen LogP contribution in [0, 0.1) is 0 Å². The molecule has 1 aromatic rings. The molecule has 0 aliphatic heterocycles. The zero-order valence-corrected chi connectivity index (χ0v) is 30.1. The highest BCUT2D eigenvalue weighted by Gasteiger charge is 2.94. The summed E-state index contributed by atoms with van der Waals surface area (Å²) in [5.41, 5.74) is -1.17. The molecule has 0 saturated carbocycles. The van der Waals surface area contributed by atoms with Crippen molar-refractivity contribution in [2.45, 2.75) is 133 Å². The fourth-order valence-electron chi connectivity index (χ4n) is 4.56. The maximum atomic E-state index is 14.5. The molecule has 0 aliphatic rings. The van der Waals surface area contributed by atoms with Gasteiger partial charge in [0.15, 0.2) is 0 Å². The minimum Gasteiger partial charge on any atom is -0.449 e. The van der Waals surface area contributed by atoms with Gasteiger partial charge in [-0.05, 0) is 25.0 Å². The van der Waals surface area contributed by atoms with E-state index in [2.05, 4.69) is 10.1 Å². The van der Waals surface area contributed by atoms with Crippen LogP contribution < -0.4 is 15.4 Å². The molecule has 1 rings (SSSR count). The Morgan fingerprint density at radius 3 is 1.35 bits per heavy atom. The Bertz CT molecular complexity index is 1490. The van der Waals surface area contributed by atoms with Gasteiger partial charge in [-0.3, -0.25) is 10.6 Å². The van der Waals surface area contributed by atoms with Crippen molar-refractivity contribution in [3.05, 3.63) is 30.0 Å². The van der Waals surface area contributed by atoms with E-state index in [9.17, 15) is 84.2 Å². The Labute approximate surface area is 314 Å². The zero-order chi connectivity index (χ0) is 44.1. The second-order valence-corrected chi connectivity index (χ2v) is 12.4. The number of ether oxygens (including phenoxy) is 3. The van der Waals surface area contributed by atoms with Crippen molar-refractivity contribution in [3.63, 3.8) is 0 Å². The van der Waals surface area contributed by atoms with Gasteiger partial charge in [0.2, 0.25) is 5.83 Å². The van der Waals surface area contributed by atoms with Gasteiger partial charge in [0.05, 0.1) is 24.6 Å². The minimum atomic E-state index is -8.73. The van der Waals surface area contributed by atoms with Gasteiger partial charge in [0, 0.05) is 6.07 Å². The lowest BCUT2D eigenvalue weighted by Crippen LogP contribution is -2.72. The third kappa shape index (κ3) is 12.3. The van der Waals surface area contributed by atoms with Crippen molar-refractivity contribution in [3.8, 4) is 5.75 Å².